The number of halogens is 3. The molecule has 0 unspecified atom stereocenters. The maximum atomic E-state index is 13.1. The van der Waals surface area contributed by atoms with Gasteiger partial charge in [-0.25, -0.2) is 4.79 Å². The normalized spacial score (nSPS) is 15.1. The highest BCUT2D eigenvalue weighted by molar-refractivity contribution is 5.88. The molecule has 3 heterocycles. The zero-order chi connectivity index (χ0) is 24.0. The molecule has 1 aromatic carbocycles. The fourth-order valence-electron chi connectivity index (χ4n) is 3.90. The molecule has 1 amide bonds. The fraction of sp³-hybridized carbons (Fsp3) is 0.417. The molecule has 0 saturated carbocycles. The minimum atomic E-state index is -4.48. The predicted octanol–water partition coefficient (Wildman–Crippen LogP) is 6.09. The number of carbonyl (C=O) groups excluding carboxylic acids is 1. The SMILES string of the molecule is CCn1nc(C(F)(F)F)cc1-c1ccc2[nH]c(C3=CCN(C(=O)OC(C)(C)C)CC3)cc2c1. The number of aryl methyl sites for hydroxylation is 1. The zero-order valence-corrected chi connectivity index (χ0v) is 19.1. The lowest BCUT2D eigenvalue weighted by Crippen LogP contribution is -2.39. The number of nitrogens with one attached hydrogen (secondary N) is 1. The van der Waals surface area contributed by atoms with Crippen molar-refractivity contribution in [3.05, 3.63) is 47.8 Å². The van der Waals surface area contributed by atoms with E-state index < -0.39 is 17.5 Å². The van der Waals surface area contributed by atoms with Crippen molar-refractivity contribution in [3.63, 3.8) is 0 Å². The van der Waals surface area contributed by atoms with Crippen LogP contribution in [0.4, 0.5) is 18.0 Å². The molecule has 2 aromatic heterocycles. The fourth-order valence-corrected chi connectivity index (χ4v) is 3.90. The van der Waals surface area contributed by atoms with E-state index in [9.17, 15) is 18.0 Å². The molecule has 33 heavy (non-hydrogen) atoms. The number of benzene rings is 1. The van der Waals surface area contributed by atoms with Crippen LogP contribution in [0.25, 0.3) is 27.7 Å². The highest BCUT2D eigenvalue weighted by Gasteiger charge is 2.35. The number of aromatic amines is 1. The van der Waals surface area contributed by atoms with Crippen LogP contribution in [-0.2, 0) is 17.5 Å². The Morgan fingerprint density at radius 3 is 2.55 bits per heavy atom. The smallest absolute Gasteiger partial charge is 0.435 e. The van der Waals surface area contributed by atoms with E-state index in [1.165, 1.54) is 4.68 Å². The van der Waals surface area contributed by atoms with Crippen molar-refractivity contribution in [2.75, 3.05) is 13.1 Å². The molecule has 0 atom stereocenters. The van der Waals surface area contributed by atoms with Crippen LogP contribution in [0, 0.1) is 0 Å². The Balaban J connectivity index is 1.57. The van der Waals surface area contributed by atoms with Gasteiger partial charge in [0.1, 0.15) is 5.60 Å². The third-order valence-electron chi connectivity index (χ3n) is 5.49. The molecule has 0 spiro atoms. The first kappa shape index (κ1) is 22.9. The van der Waals surface area contributed by atoms with Gasteiger partial charge in [-0.2, -0.15) is 18.3 Å². The van der Waals surface area contributed by atoms with Gasteiger partial charge in [0.15, 0.2) is 5.69 Å². The summed E-state index contributed by atoms with van der Waals surface area (Å²) in [5.74, 6) is 0. The highest BCUT2D eigenvalue weighted by atomic mass is 19.4. The molecular weight excluding hydrogens is 433 g/mol. The number of hydrogen-bond donors (Lipinski definition) is 1. The average Bonchev–Trinajstić information content (AvgIpc) is 3.36. The first-order valence-corrected chi connectivity index (χ1v) is 10.9. The maximum Gasteiger partial charge on any atom is 0.435 e. The van der Waals surface area contributed by atoms with Gasteiger partial charge in [0.05, 0.1) is 5.69 Å². The lowest BCUT2D eigenvalue weighted by molar-refractivity contribution is -0.141. The predicted molar refractivity (Wildman–Crippen MR) is 121 cm³/mol. The van der Waals surface area contributed by atoms with Crippen LogP contribution in [0.15, 0.2) is 36.4 Å². The third kappa shape index (κ3) is 4.91. The summed E-state index contributed by atoms with van der Waals surface area (Å²) in [6.45, 7) is 8.63. The molecule has 9 heteroatoms. The summed E-state index contributed by atoms with van der Waals surface area (Å²) >= 11 is 0. The van der Waals surface area contributed by atoms with Crippen LogP contribution < -0.4 is 0 Å². The molecule has 176 valence electrons. The number of nitrogens with zero attached hydrogens (tertiary/aromatic N) is 3. The number of rotatable bonds is 3. The second-order valence-corrected chi connectivity index (χ2v) is 9.12. The van der Waals surface area contributed by atoms with Crippen LogP contribution in [0.1, 0.15) is 45.5 Å². The summed E-state index contributed by atoms with van der Waals surface area (Å²) in [7, 11) is 0. The van der Waals surface area contributed by atoms with Gasteiger partial charge in [-0.3, -0.25) is 4.68 Å². The summed E-state index contributed by atoms with van der Waals surface area (Å²) in [5, 5.41) is 4.61. The van der Waals surface area contributed by atoms with E-state index in [-0.39, 0.29) is 6.09 Å². The van der Waals surface area contributed by atoms with Gasteiger partial charge in [-0.15, -0.1) is 0 Å². The molecular formula is C24H27F3N4O2. The topological polar surface area (TPSA) is 63.2 Å². The summed E-state index contributed by atoms with van der Waals surface area (Å²) in [5.41, 5.74) is 2.59. The van der Waals surface area contributed by atoms with Crippen LogP contribution >= 0.6 is 0 Å². The van der Waals surface area contributed by atoms with Crippen LogP contribution in [-0.4, -0.2) is 44.4 Å². The maximum absolute atomic E-state index is 13.1. The van der Waals surface area contributed by atoms with Crippen molar-refractivity contribution in [2.45, 2.75) is 52.4 Å². The first-order chi connectivity index (χ1) is 15.4. The van der Waals surface area contributed by atoms with Crippen molar-refractivity contribution >= 4 is 22.6 Å². The largest absolute Gasteiger partial charge is 0.444 e. The number of hydrogen-bond acceptors (Lipinski definition) is 3. The van der Waals surface area contributed by atoms with Crippen molar-refractivity contribution in [1.82, 2.24) is 19.7 Å². The standard InChI is InChI=1S/C24H27F3N4O2/c1-5-31-20(14-21(29-31)24(25,26)27)16-6-7-18-17(12-16)13-19(28-18)15-8-10-30(11-9-15)22(32)33-23(2,3)4/h6-8,12-14,28H,5,9-11H2,1-4H3. The summed E-state index contributed by atoms with van der Waals surface area (Å²) in [6.07, 6.45) is -2.14. The summed E-state index contributed by atoms with van der Waals surface area (Å²) in [4.78, 5) is 17.3. The van der Waals surface area contributed by atoms with Crippen LogP contribution in [0.5, 0.6) is 0 Å². The van der Waals surface area contributed by atoms with Crippen LogP contribution in [0.2, 0.25) is 0 Å². The van der Waals surface area contributed by atoms with E-state index in [0.29, 0.717) is 37.3 Å². The number of ether oxygens (including phenoxy) is 1. The molecule has 0 radical (unpaired) electrons. The van der Waals surface area contributed by atoms with E-state index in [1.54, 1.807) is 17.9 Å². The van der Waals surface area contributed by atoms with Crippen molar-refractivity contribution in [2.24, 2.45) is 0 Å². The van der Waals surface area contributed by atoms with Crippen molar-refractivity contribution in [1.29, 1.82) is 0 Å². The van der Waals surface area contributed by atoms with Gasteiger partial charge in [0.2, 0.25) is 0 Å². The van der Waals surface area contributed by atoms with Gasteiger partial charge in [0.25, 0.3) is 0 Å². The van der Waals surface area contributed by atoms with E-state index in [1.807, 2.05) is 45.0 Å². The van der Waals surface area contributed by atoms with E-state index >= 15 is 0 Å². The number of alkyl halides is 3. The number of aromatic nitrogens is 3. The Morgan fingerprint density at radius 2 is 1.94 bits per heavy atom. The second-order valence-electron chi connectivity index (χ2n) is 9.12. The summed E-state index contributed by atoms with van der Waals surface area (Å²) in [6, 6.07) is 8.61. The average molecular weight is 461 g/mol. The van der Waals surface area contributed by atoms with Crippen molar-refractivity contribution in [3.8, 4) is 11.3 Å². The zero-order valence-electron chi connectivity index (χ0n) is 19.1. The molecule has 0 aliphatic carbocycles. The third-order valence-corrected chi connectivity index (χ3v) is 5.49. The lowest BCUT2D eigenvalue weighted by atomic mass is 10.0. The van der Waals surface area contributed by atoms with Crippen LogP contribution in [0.3, 0.4) is 0 Å². The first-order valence-electron chi connectivity index (χ1n) is 10.9. The number of amides is 1. The Kier molecular flexibility index (Phi) is 5.76. The van der Waals surface area contributed by atoms with Gasteiger partial charge < -0.3 is 14.6 Å². The van der Waals surface area contributed by atoms with Gasteiger partial charge in [0, 0.05) is 41.8 Å². The molecule has 4 rings (SSSR count). The Labute approximate surface area is 190 Å². The van der Waals surface area contributed by atoms with Gasteiger partial charge in [-0.05, 0) is 64.0 Å². The molecule has 1 aliphatic heterocycles. The van der Waals surface area contributed by atoms with E-state index in [0.717, 1.165) is 28.2 Å². The molecule has 1 aliphatic rings. The molecule has 0 bridgehead atoms. The Hall–Kier alpha value is -3.23. The quantitative estimate of drug-likeness (QED) is 0.514. The second kappa shape index (κ2) is 8.28. The monoisotopic (exact) mass is 460 g/mol. The summed E-state index contributed by atoms with van der Waals surface area (Å²) < 4.78 is 46.2. The Morgan fingerprint density at radius 1 is 1.18 bits per heavy atom. The number of carbonyl (C=O) groups is 1. The minimum Gasteiger partial charge on any atom is -0.444 e. The highest BCUT2D eigenvalue weighted by Crippen LogP contribution is 2.34. The molecule has 0 saturated heterocycles. The number of H-pyrrole nitrogens is 1. The molecule has 6 nitrogen and oxygen atoms in total. The van der Waals surface area contributed by atoms with Crippen molar-refractivity contribution < 1.29 is 22.7 Å². The molecule has 0 fully saturated rings. The minimum absolute atomic E-state index is 0.329. The van der Waals surface area contributed by atoms with E-state index in [4.69, 9.17) is 4.74 Å². The lowest BCUT2D eigenvalue weighted by Gasteiger charge is -2.29. The van der Waals surface area contributed by atoms with Gasteiger partial charge >= 0.3 is 12.3 Å². The number of fused-ring (bicyclic) bond motifs is 1. The molecule has 1 N–H and O–H groups in total. The Bertz CT molecular complexity index is 1210. The van der Waals surface area contributed by atoms with Gasteiger partial charge in [-0.1, -0.05) is 12.1 Å². The molecule has 3 aromatic rings. The van der Waals surface area contributed by atoms with E-state index in [2.05, 4.69) is 10.1 Å².